The van der Waals surface area contributed by atoms with Crippen LogP contribution in [0.4, 0.5) is 0 Å². The Morgan fingerprint density at radius 2 is 2.08 bits per heavy atom. The number of rotatable bonds is 1. The van der Waals surface area contributed by atoms with Crippen LogP contribution in [0.2, 0.25) is 0 Å². The van der Waals surface area contributed by atoms with E-state index in [1.54, 1.807) is 0 Å². The Morgan fingerprint density at radius 1 is 1.54 bits per heavy atom. The van der Waals surface area contributed by atoms with Gasteiger partial charge in [-0.15, -0.1) is 0 Å². The van der Waals surface area contributed by atoms with E-state index in [1.807, 2.05) is 20.8 Å². The first kappa shape index (κ1) is 10.0. The second-order valence-corrected chi connectivity index (χ2v) is 4.30. The quantitative estimate of drug-likeness (QED) is 0.383. The Morgan fingerprint density at radius 3 is 2.46 bits per heavy atom. The van der Waals surface area contributed by atoms with E-state index >= 15 is 0 Å². The lowest BCUT2D eigenvalue weighted by Crippen LogP contribution is -2.36. The summed E-state index contributed by atoms with van der Waals surface area (Å²) in [5, 5.41) is 11.4. The van der Waals surface area contributed by atoms with Gasteiger partial charge in [-0.1, -0.05) is 5.16 Å². The molecule has 0 spiro atoms. The van der Waals surface area contributed by atoms with Gasteiger partial charge in [0.05, 0.1) is 11.6 Å². The van der Waals surface area contributed by atoms with Crippen molar-refractivity contribution in [2.45, 2.75) is 39.2 Å². The Balaban J connectivity index is 2.36. The topological polar surface area (TPSA) is 58.9 Å². The van der Waals surface area contributed by atoms with E-state index in [9.17, 15) is 4.79 Å². The summed E-state index contributed by atoms with van der Waals surface area (Å²) in [5.74, 6) is -0.301. The summed E-state index contributed by atoms with van der Waals surface area (Å²) in [6.07, 6.45) is 1.07. The van der Waals surface area contributed by atoms with Gasteiger partial charge in [0.2, 0.25) is 0 Å². The third-order valence-corrected chi connectivity index (χ3v) is 1.85. The highest BCUT2D eigenvalue weighted by Gasteiger charge is 2.34. The normalized spacial score (nSPS) is 22.1. The van der Waals surface area contributed by atoms with Crippen molar-refractivity contribution >= 4 is 11.7 Å². The second-order valence-electron chi connectivity index (χ2n) is 4.30. The maximum atomic E-state index is 11.3. The Bertz CT molecular complexity index is 232. The molecule has 0 radical (unpaired) electrons. The van der Waals surface area contributed by atoms with Crippen LogP contribution in [0.1, 0.15) is 33.6 Å². The second kappa shape index (κ2) is 3.36. The van der Waals surface area contributed by atoms with Gasteiger partial charge in [-0.3, -0.25) is 4.79 Å². The molecule has 74 valence electrons. The van der Waals surface area contributed by atoms with Crippen molar-refractivity contribution in [1.82, 2.24) is 0 Å². The van der Waals surface area contributed by atoms with Gasteiger partial charge in [0, 0.05) is 12.8 Å². The van der Waals surface area contributed by atoms with Crippen molar-refractivity contribution < 1.29 is 14.7 Å². The third kappa shape index (κ3) is 2.72. The Labute approximate surface area is 77.6 Å². The van der Waals surface area contributed by atoms with E-state index in [0.717, 1.165) is 0 Å². The van der Waals surface area contributed by atoms with Crippen LogP contribution >= 0.6 is 0 Å². The monoisotopic (exact) mass is 185 g/mol. The molecule has 0 unspecified atom stereocenters. The summed E-state index contributed by atoms with van der Waals surface area (Å²) in [4.78, 5) is 11.3. The summed E-state index contributed by atoms with van der Waals surface area (Å²) in [6.45, 7) is 5.51. The highest BCUT2D eigenvalue weighted by atomic mass is 16.6. The van der Waals surface area contributed by atoms with Crippen LogP contribution in [0.5, 0.6) is 0 Å². The first-order chi connectivity index (χ1) is 5.92. The zero-order chi connectivity index (χ0) is 10.1. The fourth-order valence-electron chi connectivity index (χ4n) is 1.14. The van der Waals surface area contributed by atoms with Crippen LogP contribution in [-0.2, 0) is 9.53 Å². The summed E-state index contributed by atoms with van der Waals surface area (Å²) in [6, 6.07) is 0. The van der Waals surface area contributed by atoms with Gasteiger partial charge in [0.25, 0.3) is 0 Å². The maximum Gasteiger partial charge on any atom is 0.310 e. The van der Waals surface area contributed by atoms with Crippen molar-refractivity contribution in [3.63, 3.8) is 0 Å². The van der Waals surface area contributed by atoms with E-state index in [4.69, 9.17) is 9.94 Å². The van der Waals surface area contributed by atoms with E-state index in [0.29, 0.717) is 18.6 Å². The first-order valence-electron chi connectivity index (χ1n) is 4.35. The van der Waals surface area contributed by atoms with Crippen LogP contribution < -0.4 is 0 Å². The van der Waals surface area contributed by atoms with Crippen molar-refractivity contribution in [2.24, 2.45) is 11.1 Å². The third-order valence-electron chi connectivity index (χ3n) is 1.85. The van der Waals surface area contributed by atoms with E-state index in [1.165, 1.54) is 0 Å². The lowest BCUT2D eigenvalue weighted by atomic mass is 9.83. The minimum atomic E-state index is -0.427. The van der Waals surface area contributed by atoms with Crippen LogP contribution in [-0.4, -0.2) is 22.5 Å². The average Bonchev–Trinajstić information content (AvgIpc) is 1.79. The minimum Gasteiger partial charge on any atom is -0.460 e. The fourth-order valence-corrected chi connectivity index (χ4v) is 1.14. The zero-order valence-electron chi connectivity index (χ0n) is 8.20. The van der Waals surface area contributed by atoms with Crippen molar-refractivity contribution in [1.29, 1.82) is 0 Å². The van der Waals surface area contributed by atoms with E-state index < -0.39 is 5.60 Å². The zero-order valence-corrected chi connectivity index (χ0v) is 8.20. The standard InChI is InChI=1S/C9H15NO3/c1-9(2,3)13-8(11)6-4-7(5-6)10-12/h6,12H,4-5H2,1-3H3. The van der Waals surface area contributed by atoms with Crippen LogP contribution in [0.25, 0.3) is 0 Å². The largest absolute Gasteiger partial charge is 0.460 e. The molecule has 0 atom stereocenters. The number of carbonyl (C=O) groups is 1. The molecular formula is C9H15NO3. The number of oxime groups is 1. The number of esters is 1. The van der Waals surface area contributed by atoms with Gasteiger partial charge < -0.3 is 9.94 Å². The molecule has 0 saturated heterocycles. The highest BCUT2D eigenvalue weighted by molar-refractivity contribution is 5.97. The van der Waals surface area contributed by atoms with E-state index in [-0.39, 0.29) is 11.9 Å². The van der Waals surface area contributed by atoms with Crippen LogP contribution in [0, 0.1) is 5.92 Å². The smallest absolute Gasteiger partial charge is 0.310 e. The average molecular weight is 185 g/mol. The van der Waals surface area contributed by atoms with Gasteiger partial charge in [-0.25, -0.2) is 0 Å². The molecule has 1 rings (SSSR count). The summed E-state index contributed by atoms with van der Waals surface area (Å²) < 4.78 is 5.16. The maximum absolute atomic E-state index is 11.3. The summed E-state index contributed by atoms with van der Waals surface area (Å²) in [7, 11) is 0. The molecule has 0 bridgehead atoms. The molecule has 1 aliphatic rings. The molecule has 0 aliphatic heterocycles. The molecule has 0 aromatic rings. The molecule has 13 heavy (non-hydrogen) atoms. The number of carbonyl (C=O) groups excluding carboxylic acids is 1. The van der Waals surface area contributed by atoms with Crippen LogP contribution in [0.3, 0.4) is 0 Å². The molecule has 1 saturated carbocycles. The molecular weight excluding hydrogens is 170 g/mol. The number of hydrogen-bond donors (Lipinski definition) is 1. The minimum absolute atomic E-state index is 0.106. The van der Waals surface area contributed by atoms with Crippen molar-refractivity contribution in [3.8, 4) is 0 Å². The number of ether oxygens (including phenoxy) is 1. The highest BCUT2D eigenvalue weighted by Crippen LogP contribution is 2.27. The molecule has 1 N–H and O–H groups in total. The predicted octanol–water partition coefficient (Wildman–Crippen LogP) is 1.57. The SMILES string of the molecule is CC(C)(C)OC(=O)C1CC(=NO)C1. The van der Waals surface area contributed by atoms with Gasteiger partial charge in [0.1, 0.15) is 5.60 Å². The van der Waals surface area contributed by atoms with Gasteiger partial charge in [-0.05, 0) is 20.8 Å². The Hall–Kier alpha value is -1.06. The lowest BCUT2D eigenvalue weighted by molar-refractivity contribution is -0.160. The molecule has 4 nitrogen and oxygen atoms in total. The van der Waals surface area contributed by atoms with E-state index in [2.05, 4.69) is 5.16 Å². The summed E-state index contributed by atoms with van der Waals surface area (Å²) in [5.41, 5.74) is 0.249. The number of hydrogen-bond acceptors (Lipinski definition) is 4. The van der Waals surface area contributed by atoms with Gasteiger partial charge in [0.15, 0.2) is 0 Å². The molecule has 0 heterocycles. The molecule has 0 amide bonds. The van der Waals surface area contributed by atoms with Crippen molar-refractivity contribution in [3.05, 3.63) is 0 Å². The van der Waals surface area contributed by atoms with Crippen LogP contribution in [0.15, 0.2) is 5.16 Å². The van der Waals surface area contributed by atoms with Crippen molar-refractivity contribution in [2.75, 3.05) is 0 Å². The van der Waals surface area contributed by atoms with Gasteiger partial charge >= 0.3 is 5.97 Å². The molecule has 1 aliphatic carbocycles. The molecule has 1 fully saturated rings. The Kier molecular flexibility index (Phi) is 2.59. The number of nitrogens with zero attached hydrogens (tertiary/aromatic N) is 1. The predicted molar refractivity (Wildman–Crippen MR) is 47.8 cm³/mol. The van der Waals surface area contributed by atoms with Gasteiger partial charge in [-0.2, -0.15) is 0 Å². The fraction of sp³-hybridized carbons (Fsp3) is 0.778. The first-order valence-corrected chi connectivity index (χ1v) is 4.35. The summed E-state index contributed by atoms with van der Waals surface area (Å²) >= 11 is 0. The molecule has 0 aromatic heterocycles. The molecule has 0 aromatic carbocycles. The molecule has 4 heteroatoms. The lowest BCUT2D eigenvalue weighted by Gasteiger charge is -2.28.